The van der Waals surface area contributed by atoms with E-state index in [1.165, 1.54) is 0 Å². The third-order valence-electron chi connectivity index (χ3n) is 4.96. The van der Waals surface area contributed by atoms with Crippen molar-refractivity contribution in [3.05, 3.63) is 0 Å². The number of fused-ring (bicyclic) bond motifs is 1. The van der Waals surface area contributed by atoms with Crippen molar-refractivity contribution in [2.75, 3.05) is 18.8 Å². The molecule has 3 rings (SSSR count). The molecule has 0 bridgehead atoms. The molecular formula is C14H22N2O3S. The van der Waals surface area contributed by atoms with Gasteiger partial charge in [-0.15, -0.1) is 11.8 Å². The molecule has 4 atom stereocenters. The second-order valence-electron chi connectivity index (χ2n) is 6.38. The minimum atomic E-state index is -0.442. The lowest BCUT2D eigenvalue weighted by Crippen LogP contribution is -2.55. The summed E-state index contributed by atoms with van der Waals surface area (Å²) in [5.41, 5.74) is 0. The average molecular weight is 298 g/mol. The maximum atomic E-state index is 12.7. The molecule has 1 N–H and O–H groups in total. The summed E-state index contributed by atoms with van der Waals surface area (Å²) in [5, 5.41) is 9.95. The minimum Gasteiger partial charge on any atom is -0.391 e. The van der Waals surface area contributed by atoms with Gasteiger partial charge in [0.25, 0.3) is 0 Å². The highest BCUT2D eigenvalue weighted by atomic mass is 32.2. The van der Waals surface area contributed by atoms with Gasteiger partial charge in [0.15, 0.2) is 0 Å². The van der Waals surface area contributed by atoms with Gasteiger partial charge >= 0.3 is 0 Å². The Balaban J connectivity index is 1.73. The molecule has 0 aromatic rings. The number of nitrogens with zero attached hydrogens (tertiary/aromatic N) is 2. The predicted molar refractivity (Wildman–Crippen MR) is 77.1 cm³/mol. The van der Waals surface area contributed by atoms with Crippen LogP contribution in [0.5, 0.6) is 0 Å². The van der Waals surface area contributed by atoms with Crippen molar-refractivity contribution in [3.63, 3.8) is 0 Å². The van der Waals surface area contributed by atoms with Crippen molar-refractivity contribution in [2.24, 2.45) is 5.92 Å². The Morgan fingerprint density at radius 3 is 2.95 bits per heavy atom. The van der Waals surface area contributed by atoms with E-state index in [1.54, 1.807) is 21.6 Å². The molecule has 0 aliphatic carbocycles. The maximum Gasteiger partial charge on any atom is 0.246 e. The van der Waals surface area contributed by atoms with Gasteiger partial charge in [-0.2, -0.15) is 0 Å². The van der Waals surface area contributed by atoms with Crippen LogP contribution in [0.4, 0.5) is 0 Å². The van der Waals surface area contributed by atoms with Crippen LogP contribution >= 0.6 is 11.8 Å². The van der Waals surface area contributed by atoms with Crippen LogP contribution in [0.1, 0.15) is 33.1 Å². The Morgan fingerprint density at radius 2 is 2.25 bits per heavy atom. The topological polar surface area (TPSA) is 60.9 Å². The Hall–Kier alpha value is -0.750. The van der Waals surface area contributed by atoms with Crippen LogP contribution in [0.2, 0.25) is 0 Å². The smallest absolute Gasteiger partial charge is 0.246 e. The molecule has 2 amide bonds. The van der Waals surface area contributed by atoms with Crippen LogP contribution in [0.3, 0.4) is 0 Å². The zero-order valence-electron chi connectivity index (χ0n) is 12.0. The number of carbonyl (C=O) groups is 2. The van der Waals surface area contributed by atoms with Gasteiger partial charge < -0.3 is 14.9 Å². The molecule has 3 saturated heterocycles. The molecule has 5 nitrogen and oxygen atoms in total. The molecule has 0 spiro atoms. The first-order valence-corrected chi connectivity index (χ1v) is 8.34. The van der Waals surface area contributed by atoms with E-state index in [0.717, 1.165) is 12.8 Å². The lowest BCUT2D eigenvalue weighted by molar-refractivity contribution is -0.146. The van der Waals surface area contributed by atoms with E-state index in [9.17, 15) is 14.7 Å². The van der Waals surface area contributed by atoms with E-state index in [-0.39, 0.29) is 28.6 Å². The Labute approximate surface area is 123 Å². The molecule has 112 valence electrons. The first kappa shape index (κ1) is 14.2. The highest BCUT2D eigenvalue weighted by Gasteiger charge is 2.53. The number of hydrogen-bond acceptors (Lipinski definition) is 4. The highest BCUT2D eigenvalue weighted by molar-refractivity contribution is 8.01. The first-order valence-electron chi connectivity index (χ1n) is 7.35. The van der Waals surface area contributed by atoms with E-state index in [1.807, 2.05) is 6.92 Å². The van der Waals surface area contributed by atoms with Crippen molar-refractivity contribution < 1.29 is 14.7 Å². The molecule has 0 aromatic heterocycles. The number of carbonyl (C=O) groups excluding carboxylic acids is 2. The van der Waals surface area contributed by atoms with E-state index >= 15 is 0 Å². The number of aliphatic hydroxyl groups excluding tert-OH is 1. The summed E-state index contributed by atoms with van der Waals surface area (Å²) >= 11 is 1.72. The quantitative estimate of drug-likeness (QED) is 0.773. The van der Waals surface area contributed by atoms with Gasteiger partial charge in [-0.05, 0) is 25.7 Å². The number of rotatable bonds is 1. The maximum absolute atomic E-state index is 12.7. The second-order valence-corrected chi connectivity index (χ2v) is 7.88. The molecule has 6 heteroatoms. The van der Waals surface area contributed by atoms with Crippen molar-refractivity contribution in [3.8, 4) is 0 Å². The number of likely N-dealkylation sites (tertiary alicyclic amines) is 1. The largest absolute Gasteiger partial charge is 0.391 e. The third kappa shape index (κ3) is 2.13. The fourth-order valence-corrected chi connectivity index (χ4v) is 4.89. The van der Waals surface area contributed by atoms with E-state index in [0.29, 0.717) is 25.3 Å². The van der Waals surface area contributed by atoms with Gasteiger partial charge in [0, 0.05) is 25.3 Å². The van der Waals surface area contributed by atoms with Crippen molar-refractivity contribution >= 4 is 23.6 Å². The molecule has 3 heterocycles. The van der Waals surface area contributed by atoms with Crippen LogP contribution in [0.15, 0.2) is 0 Å². The Bertz CT molecular complexity index is 444. The summed E-state index contributed by atoms with van der Waals surface area (Å²) in [7, 11) is 0. The lowest BCUT2D eigenvalue weighted by atomic mass is 9.95. The minimum absolute atomic E-state index is 0.0161. The van der Waals surface area contributed by atoms with Gasteiger partial charge in [0.1, 0.15) is 6.04 Å². The molecule has 20 heavy (non-hydrogen) atoms. The van der Waals surface area contributed by atoms with Crippen molar-refractivity contribution in [1.82, 2.24) is 9.80 Å². The monoisotopic (exact) mass is 298 g/mol. The van der Waals surface area contributed by atoms with Gasteiger partial charge in [0.05, 0.1) is 11.0 Å². The third-order valence-corrected chi connectivity index (χ3v) is 6.47. The van der Waals surface area contributed by atoms with E-state index < -0.39 is 6.10 Å². The summed E-state index contributed by atoms with van der Waals surface area (Å²) in [6, 6.07) is -0.333. The standard InChI is InChI=1S/C14H22N2O3S/c1-9-4-6-15(7-11(9)17)13(19)10-8-20-14(2)5-3-12(18)16(10)14/h9-11,17H,3-8H2,1-2H3. The number of hydrogen-bond donors (Lipinski definition) is 1. The summed E-state index contributed by atoms with van der Waals surface area (Å²) in [6.07, 6.45) is 1.77. The van der Waals surface area contributed by atoms with E-state index in [2.05, 4.69) is 6.92 Å². The predicted octanol–water partition coefficient (Wildman–Crippen LogP) is 0.670. The summed E-state index contributed by atoms with van der Waals surface area (Å²) < 4.78 is 0. The molecule has 0 aromatic carbocycles. The number of piperidine rings is 1. The highest BCUT2D eigenvalue weighted by Crippen LogP contribution is 2.47. The van der Waals surface area contributed by atoms with Gasteiger partial charge in [0.2, 0.25) is 11.8 Å². The van der Waals surface area contributed by atoms with Gasteiger partial charge in [-0.1, -0.05) is 6.92 Å². The van der Waals surface area contributed by atoms with Gasteiger partial charge in [-0.3, -0.25) is 9.59 Å². The number of thioether (sulfide) groups is 1. The fraction of sp³-hybridized carbons (Fsp3) is 0.857. The van der Waals surface area contributed by atoms with Crippen molar-refractivity contribution in [2.45, 2.75) is 50.1 Å². The van der Waals surface area contributed by atoms with Crippen LogP contribution in [0, 0.1) is 5.92 Å². The molecule has 0 radical (unpaired) electrons. The van der Waals surface area contributed by atoms with Crippen LogP contribution in [-0.4, -0.2) is 62.6 Å². The van der Waals surface area contributed by atoms with Crippen LogP contribution in [-0.2, 0) is 9.59 Å². The lowest BCUT2D eigenvalue weighted by Gasteiger charge is -2.38. The van der Waals surface area contributed by atoms with Crippen molar-refractivity contribution in [1.29, 1.82) is 0 Å². The first-order chi connectivity index (χ1) is 9.42. The molecule has 3 aliphatic rings. The molecular weight excluding hydrogens is 276 g/mol. The average Bonchev–Trinajstić information content (AvgIpc) is 2.90. The molecule has 3 fully saturated rings. The molecule has 0 saturated carbocycles. The van der Waals surface area contributed by atoms with Crippen LogP contribution in [0.25, 0.3) is 0 Å². The zero-order chi connectivity index (χ0) is 14.5. The normalized spacial score (nSPS) is 41.1. The molecule has 4 unspecified atom stereocenters. The summed E-state index contributed by atoms with van der Waals surface area (Å²) in [5.74, 6) is 1.04. The number of β-amino-alcohol motifs (C(OH)–C–C–N with tert-alkyl or cyclic N) is 1. The summed E-state index contributed by atoms with van der Waals surface area (Å²) in [6.45, 7) is 5.17. The fourth-order valence-electron chi connectivity index (χ4n) is 3.46. The number of amides is 2. The SMILES string of the molecule is CC1CCN(C(=O)C2CSC3(C)CCC(=O)N23)CC1O. The van der Waals surface area contributed by atoms with E-state index in [4.69, 9.17) is 0 Å². The Morgan fingerprint density at radius 1 is 1.50 bits per heavy atom. The second kappa shape index (κ2) is 4.91. The van der Waals surface area contributed by atoms with Crippen LogP contribution < -0.4 is 0 Å². The van der Waals surface area contributed by atoms with Gasteiger partial charge in [-0.25, -0.2) is 0 Å². The molecule has 3 aliphatic heterocycles. The zero-order valence-corrected chi connectivity index (χ0v) is 12.9. The summed E-state index contributed by atoms with van der Waals surface area (Å²) in [4.78, 5) is 28.1. The number of aliphatic hydroxyl groups is 1. The Kier molecular flexibility index (Phi) is 3.49.